The minimum atomic E-state index is 0.746. The van der Waals surface area contributed by atoms with Gasteiger partial charge < -0.3 is 9.47 Å². The monoisotopic (exact) mass is 722 g/mol. The Kier molecular flexibility index (Phi) is 16.7. The molecule has 5 rings (SSSR count). The minimum absolute atomic E-state index is 0.746. The van der Waals surface area contributed by atoms with Gasteiger partial charge in [-0.15, -0.1) is 45.3 Å². The molecule has 2 nitrogen and oxygen atoms in total. The number of thiophene rings is 4. The van der Waals surface area contributed by atoms with E-state index < -0.39 is 0 Å². The zero-order valence-corrected chi connectivity index (χ0v) is 32.9. The second-order valence-corrected chi connectivity index (χ2v) is 17.1. The summed E-state index contributed by atoms with van der Waals surface area (Å²) >= 11 is 7.38. The third kappa shape index (κ3) is 11.1. The number of rotatable bonds is 26. The van der Waals surface area contributed by atoms with E-state index in [4.69, 9.17) is 9.47 Å². The van der Waals surface area contributed by atoms with Crippen LogP contribution in [0.3, 0.4) is 0 Å². The second-order valence-electron chi connectivity index (χ2n) is 13.4. The highest BCUT2D eigenvalue weighted by Crippen LogP contribution is 2.49. The first kappa shape index (κ1) is 37.4. The maximum Gasteiger partial charge on any atom is 0.161 e. The molecule has 0 saturated heterocycles. The average molecular weight is 723 g/mol. The van der Waals surface area contributed by atoms with E-state index >= 15 is 0 Å². The molecule has 0 fully saturated rings. The van der Waals surface area contributed by atoms with Crippen molar-refractivity contribution in [3.8, 4) is 33.8 Å². The van der Waals surface area contributed by atoms with E-state index in [0.29, 0.717) is 0 Å². The topological polar surface area (TPSA) is 18.5 Å². The largest absolute Gasteiger partial charge is 0.490 e. The first-order chi connectivity index (χ1) is 23.8. The summed E-state index contributed by atoms with van der Waals surface area (Å²) in [5, 5.41) is 9.13. The lowest BCUT2D eigenvalue weighted by Gasteiger charge is -2.18. The molecule has 0 bridgehead atoms. The Bertz CT molecular complexity index is 1470. The van der Waals surface area contributed by atoms with Crippen LogP contribution in [0, 0.1) is 0 Å². The Hall–Kier alpha value is -1.86. The van der Waals surface area contributed by atoms with Gasteiger partial charge in [-0.1, -0.05) is 129 Å². The third-order valence-corrected chi connectivity index (χ3v) is 13.6. The van der Waals surface area contributed by atoms with Crippen molar-refractivity contribution in [2.24, 2.45) is 0 Å². The SMILES string of the molecule is CCCCCCCCCCCCOc1cc(-c2csc3ccsc23)c(-c2csc3ccsc23)cc1OCCCCCCCCCCCC. The first-order valence-corrected chi connectivity index (χ1v) is 22.7. The molecule has 4 heterocycles. The molecular formula is C42H58O2S4. The predicted molar refractivity (Wildman–Crippen MR) is 219 cm³/mol. The lowest BCUT2D eigenvalue weighted by molar-refractivity contribution is 0.258. The maximum atomic E-state index is 6.62. The molecule has 48 heavy (non-hydrogen) atoms. The van der Waals surface area contributed by atoms with Gasteiger partial charge in [0.25, 0.3) is 0 Å². The van der Waals surface area contributed by atoms with Crippen molar-refractivity contribution >= 4 is 64.1 Å². The van der Waals surface area contributed by atoms with Crippen LogP contribution < -0.4 is 9.47 Å². The molecule has 0 saturated carbocycles. The summed E-state index contributed by atoms with van der Waals surface area (Å²) < 4.78 is 18.7. The van der Waals surface area contributed by atoms with Crippen molar-refractivity contribution in [3.05, 3.63) is 45.8 Å². The van der Waals surface area contributed by atoms with E-state index in [1.54, 1.807) is 0 Å². The fourth-order valence-corrected chi connectivity index (χ4v) is 10.9. The van der Waals surface area contributed by atoms with E-state index in [-0.39, 0.29) is 0 Å². The van der Waals surface area contributed by atoms with Crippen molar-refractivity contribution in [2.75, 3.05) is 13.2 Å². The number of unbranched alkanes of at least 4 members (excludes halogenated alkanes) is 18. The summed E-state index contributed by atoms with van der Waals surface area (Å²) in [5.74, 6) is 1.82. The molecule has 0 aliphatic carbocycles. The van der Waals surface area contributed by atoms with Crippen LogP contribution in [0.1, 0.15) is 142 Å². The molecule has 0 aliphatic rings. The highest BCUT2D eigenvalue weighted by molar-refractivity contribution is 7.27. The smallest absolute Gasteiger partial charge is 0.161 e. The number of hydrogen-bond acceptors (Lipinski definition) is 6. The van der Waals surface area contributed by atoms with Gasteiger partial charge in [0, 0.05) is 31.3 Å². The van der Waals surface area contributed by atoms with Gasteiger partial charge in [0.2, 0.25) is 0 Å². The van der Waals surface area contributed by atoms with Crippen molar-refractivity contribution in [3.63, 3.8) is 0 Å². The van der Waals surface area contributed by atoms with Gasteiger partial charge >= 0.3 is 0 Å². The average Bonchev–Trinajstić information content (AvgIpc) is 3.90. The highest BCUT2D eigenvalue weighted by atomic mass is 32.1. The molecule has 0 spiro atoms. The summed E-state index contributed by atoms with van der Waals surface area (Å²) in [6.07, 6.45) is 26.6. The van der Waals surface area contributed by atoms with E-state index in [2.05, 4.69) is 59.6 Å². The Morgan fingerprint density at radius 3 is 1.15 bits per heavy atom. The Labute approximate surface area is 306 Å². The van der Waals surface area contributed by atoms with Gasteiger partial charge in [-0.3, -0.25) is 0 Å². The standard InChI is InChI=1S/C42H58O2S4/c1-3-5-7-9-11-13-15-17-19-21-25-43-37-29-33(35-31-47-39-23-27-45-41(35)39)34(36-32-48-40-24-28-46-42(36)40)30-38(37)44-26-22-20-18-16-14-12-10-8-6-4-2/h23-24,27-32H,3-22,25-26H2,1-2H3. The molecule has 0 amide bonds. The van der Waals surface area contributed by atoms with Crippen LogP contribution in [0.2, 0.25) is 0 Å². The molecular weight excluding hydrogens is 665 g/mol. The number of hydrogen-bond donors (Lipinski definition) is 0. The molecule has 1 aromatic carbocycles. The molecule has 0 atom stereocenters. The second kappa shape index (κ2) is 21.4. The van der Waals surface area contributed by atoms with Crippen molar-refractivity contribution in [2.45, 2.75) is 142 Å². The normalized spacial score (nSPS) is 11.7. The molecule has 0 N–H and O–H groups in total. The number of ether oxygens (including phenoxy) is 2. The minimum Gasteiger partial charge on any atom is -0.490 e. The molecule has 5 aromatic rings. The van der Waals surface area contributed by atoms with E-state index in [9.17, 15) is 0 Å². The van der Waals surface area contributed by atoms with Crippen LogP contribution in [0.25, 0.3) is 41.1 Å². The predicted octanol–water partition coefficient (Wildman–Crippen LogP) is 16.2. The Morgan fingerprint density at radius 2 is 0.771 bits per heavy atom. The van der Waals surface area contributed by atoms with E-state index in [0.717, 1.165) is 37.6 Å². The lowest BCUT2D eigenvalue weighted by atomic mass is 9.96. The summed E-state index contributed by atoms with van der Waals surface area (Å²) in [4.78, 5) is 0. The molecule has 0 aliphatic heterocycles. The molecule has 4 aromatic heterocycles. The van der Waals surface area contributed by atoms with Crippen LogP contribution in [-0.4, -0.2) is 13.2 Å². The van der Waals surface area contributed by atoms with Crippen LogP contribution in [0.15, 0.2) is 45.8 Å². The number of fused-ring (bicyclic) bond motifs is 2. The maximum absolute atomic E-state index is 6.62. The summed E-state index contributed by atoms with van der Waals surface area (Å²) in [6.45, 7) is 6.08. The van der Waals surface area contributed by atoms with Crippen LogP contribution in [0.4, 0.5) is 0 Å². The Balaban J connectivity index is 1.25. The van der Waals surface area contributed by atoms with Gasteiger partial charge in [0.1, 0.15) is 0 Å². The van der Waals surface area contributed by atoms with E-state index in [1.807, 2.05) is 45.3 Å². The van der Waals surface area contributed by atoms with Gasteiger partial charge in [-0.2, -0.15) is 0 Å². The van der Waals surface area contributed by atoms with Crippen LogP contribution >= 0.6 is 45.3 Å². The van der Waals surface area contributed by atoms with Crippen molar-refractivity contribution in [1.29, 1.82) is 0 Å². The summed E-state index contributed by atoms with van der Waals surface area (Å²) in [7, 11) is 0. The lowest BCUT2D eigenvalue weighted by Crippen LogP contribution is -2.04. The quantitative estimate of drug-likeness (QED) is 0.0529. The zero-order valence-electron chi connectivity index (χ0n) is 29.6. The highest BCUT2D eigenvalue weighted by Gasteiger charge is 2.21. The number of benzene rings is 1. The summed E-state index contributed by atoms with van der Waals surface area (Å²) in [5.41, 5.74) is 5.17. The molecule has 0 unspecified atom stereocenters. The molecule has 262 valence electrons. The van der Waals surface area contributed by atoms with Crippen LogP contribution in [-0.2, 0) is 0 Å². The third-order valence-electron chi connectivity index (χ3n) is 9.53. The van der Waals surface area contributed by atoms with Gasteiger partial charge in [-0.25, -0.2) is 0 Å². The fourth-order valence-electron chi connectivity index (χ4n) is 6.67. The zero-order chi connectivity index (χ0) is 33.2. The summed E-state index contributed by atoms with van der Waals surface area (Å²) in [6, 6.07) is 9.11. The van der Waals surface area contributed by atoms with Crippen LogP contribution in [0.5, 0.6) is 11.5 Å². The fraction of sp³-hybridized carbons (Fsp3) is 0.571. The molecule has 6 heteroatoms. The van der Waals surface area contributed by atoms with Gasteiger partial charge in [-0.05, 0) is 59.0 Å². The van der Waals surface area contributed by atoms with Crippen molar-refractivity contribution < 1.29 is 9.47 Å². The van der Waals surface area contributed by atoms with E-state index in [1.165, 1.54) is 157 Å². The molecule has 0 radical (unpaired) electrons. The van der Waals surface area contributed by atoms with Crippen molar-refractivity contribution in [1.82, 2.24) is 0 Å². The first-order valence-electron chi connectivity index (χ1n) is 19.1. The van der Waals surface area contributed by atoms with Gasteiger partial charge in [0.15, 0.2) is 11.5 Å². The van der Waals surface area contributed by atoms with Gasteiger partial charge in [0.05, 0.1) is 22.6 Å². The Morgan fingerprint density at radius 1 is 0.417 bits per heavy atom.